The Balaban J connectivity index is 2.16. The highest BCUT2D eigenvalue weighted by Crippen LogP contribution is 2.25. The van der Waals surface area contributed by atoms with Crippen LogP contribution < -0.4 is 10.1 Å². The van der Waals surface area contributed by atoms with Crippen LogP contribution in [0.25, 0.3) is 0 Å². The van der Waals surface area contributed by atoms with Gasteiger partial charge in [-0.25, -0.2) is 9.18 Å². The maximum Gasteiger partial charge on any atom is 0.326 e. The van der Waals surface area contributed by atoms with Crippen molar-refractivity contribution in [2.24, 2.45) is 0 Å². The number of hydrogen-bond acceptors (Lipinski definition) is 5. The van der Waals surface area contributed by atoms with E-state index in [0.29, 0.717) is 5.56 Å². The van der Waals surface area contributed by atoms with E-state index in [1.54, 1.807) is 6.07 Å². The van der Waals surface area contributed by atoms with Crippen LogP contribution in [0.5, 0.6) is 5.75 Å². The lowest BCUT2D eigenvalue weighted by molar-refractivity contribution is -0.384. The summed E-state index contributed by atoms with van der Waals surface area (Å²) in [5.74, 6) is -2.16. The number of aliphatic carboxylic acids is 1. The number of carbonyl (C=O) groups excluding carboxylic acids is 1. The summed E-state index contributed by atoms with van der Waals surface area (Å²) in [6.45, 7) is 0. The van der Waals surface area contributed by atoms with Gasteiger partial charge in [0.25, 0.3) is 5.69 Å². The molecule has 0 saturated carbocycles. The van der Waals surface area contributed by atoms with Gasteiger partial charge in [-0.3, -0.25) is 14.9 Å². The van der Waals surface area contributed by atoms with E-state index in [-0.39, 0.29) is 29.8 Å². The number of nitro benzene ring substituents is 1. The number of benzene rings is 2. The summed E-state index contributed by atoms with van der Waals surface area (Å²) < 4.78 is 18.3. The molecule has 0 unspecified atom stereocenters. The number of halogens is 1. The van der Waals surface area contributed by atoms with E-state index in [0.717, 1.165) is 0 Å². The topological polar surface area (TPSA) is 119 Å². The zero-order chi connectivity index (χ0) is 20.0. The molecule has 0 saturated heterocycles. The van der Waals surface area contributed by atoms with Crippen molar-refractivity contribution in [3.8, 4) is 5.75 Å². The van der Waals surface area contributed by atoms with Gasteiger partial charge in [-0.1, -0.05) is 12.1 Å². The van der Waals surface area contributed by atoms with Crippen molar-refractivity contribution in [2.75, 3.05) is 7.11 Å². The van der Waals surface area contributed by atoms with E-state index in [1.807, 2.05) is 0 Å². The van der Waals surface area contributed by atoms with Crippen LogP contribution in [0.3, 0.4) is 0 Å². The third-order valence-electron chi connectivity index (χ3n) is 3.79. The molecule has 0 heterocycles. The van der Waals surface area contributed by atoms with Crippen LogP contribution in [0.15, 0.2) is 42.5 Å². The second-order valence-electron chi connectivity index (χ2n) is 5.72. The van der Waals surface area contributed by atoms with Gasteiger partial charge < -0.3 is 15.2 Å². The van der Waals surface area contributed by atoms with Crippen LogP contribution in [0.4, 0.5) is 10.1 Å². The fourth-order valence-electron chi connectivity index (χ4n) is 2.54. The lowest BCUT2D eigenvalue weighted by Gasteiger charge is -2.16. The van der Waals surface area contributed by atoms with Crippen molar-refractivity contribution in [3.63, 3.8) is 0 Å². The van der Waals surface area contributed by atoms with Gasteiger partial charge in [0, 0.05) is 24.1 Å². The van der Waals surface area contributed by atoms with Crippen LogP contribution in [-0.4, -0.2) is 35.1 Å². The third-order valence-corrected chi connectivity index (χ3v) is 3.79. The highest BCUT2D eigenvalue weighted by atomic mass is 19.1. The average molecular weight is 376 g/mol. The van der Waals surface area contributed by atoms with Crippen molar-refractivity contribution < 1.29 is 28.7 Å². The zero-order valence-electron chi connectivity index (χ0n) is 14.3. The number of carboxylic acid groups (broad SMARTS) is 1. The molecular formula is C18H17FN2O6. The number of methoxy groups -OCH3 is 1. The Morgan fingerprint density at radius 3 is 2.63 bits per heavy atom. The number of amides is 1. The van der Waals surface area contributed by atoms with Gasteiger partial charge in [-0.05, 0) is 23.8 Å². The van der Waals surface area contributed by atoms with Crippen LogP contribution >= 0.6 is 0 Å². The Kier molecular flexibility index (Phi) is 6.42. The number of carboxylic acids is 1. The first-order valence-electron chi connectivity index (χ1n) is 7.88. The summed E-state index contributed by atoms with van der Waals surface area (Å²) in [7, 11) is 1.35. The minimum atomic E-state index is -1.33. The fourth-order valence-corrected chi connectivity index (χ4v) is 2.54. The van der Waals surface area contributed by atoms with Crippen molar-refractivity contribution in [1.29, 1.82) is 0 Å². The molecule has 142 valence electrons. The first-order chi connectivity index (χ1) is 12.8. The van der Waals surface area contributed by atoms with E-state index in [4.69, 9.17) is 4.74 Å². The number of nitrogens with one attached hydrogen (secondary N) is 1. The normalized spacial score (nSPS) is 11.5. The summed E-state index contributed by atoms with van der Waals surface area (Å²) >= 11 is 0. The summed E-state index contributed by atoms with van der Waals surface area (Å²) in [5.41, 5.74) is 0.441. The number of ether oxygens (including phenoxy) is 1. The second kappa shape index (κ2) is 8.75. The van der Waals surface area contributed by atoms with Gasteiger partial charge in [0.2, 0.25) is 5.91 Å². The van der Waals surface area contributed by atoms with Gasteiger partial charge in [0.15, 0.2) is 0 Å². The van der Waals surface area contributed by atoms with E-state index in [9.17, 15) is 29.2 Å². The Hall–Kier alpha value is -3.49. The first kappa shape index (κ1) is 19.8. The average Bonchev–Trinajstić information content (AvgIpc) is 2.60. The lowest BCUT2D eigenvalue weighted by atomic mass is 10.0. The molecule has 1 atom stereocenters. The predicted molar refractivity (Wildman–Crippen MR) is 93.0 cm³/mol. The molecule has 0 fully saturated rings. The van der Waals surface area contributed by atoms with E-state index >= 15 is 0 Å². The van der Waals surface area contributed by atoms with E-state index in [2.05, 4.69) is 5.32 Å². The van der Waals surface area contributed by atoms with Crippen LogP contribution in [0, 0.1) is 15.9 Å². The third kappa shape index (κ3) is 5.50. The minimum Gasteiger partial charge on any atom is -0.496 e. The molecule has 0 aliphatic carbocycles. The zero-order valence-corrected chi connectivity index (χ0v) is 14.3. The molecular weight excluding hydrogens is 359 g/mol. The van der Waals surface area contributed by atoms with Crippen LogP contribution in [0.1, 0.15) is 11.1 Å². The molecule has 0 aliphatic heterocycles. The molecule has 0 aromatic heterocycles. The van der Waals surface area contributed by atoms with Gasteiger partial charge in [0.05, 0.1) is 18.5 Å². The minimum absolute atomic E-state index is 0.201. The Morgan fingerprint density at radius 1 is 1.30 bits per heavy atom. The van der Waals surface area contributed by atoms with Crippen molar-refractivity contribution >= 4 is 17.6 Å². The fraction of sp³-hybridized carbons (Fsp3) is 0.222. The SMILES string of the molecule is COc1ccc([N+](=O)[O-])cc1C[C@H](NC(=O)Cc1cccc(F)c1)C(=O)O. The lowest BCUT2D eigenvalue weighted by Crippen LogP contribution is -2.43. The maximum atomic E-state index is 13.2. The number of nitrogens with zero attached hydrogens (tertiary/aromatic N) is 1. The summed E-state index contributed by atoms with van der Waals surface area (Å²) in [6, 6.07) is 7.87. The highest BCUT2D eigenvalue weighted by Gasteiger charge is 2.23. The van der Waals surface area contributed by atoms with Gasteiger partial charge >= 0.3 is 5.97 Å². The number of rotatable bonds is 8. The van der Waals surface area contributed by atoms with Gasteiger partial charge in [-0.2, -0.15) is 0 Å². The van der Waals surface area contributed by atoms with Gasteiger partial charge in [-0.15, -0.1) is 0 Å². The Labute approximate surface area is 153 Å². The number of nitro groups is 1. The molecule has 0 aliphatic rings. The monoisotopic (exact) mass is 376 g/mol. The summed E-state index contributed by atoms with van der Waals surface area (Å²) in [5, 5.41) is 22.7. The predicted octanol–water partition coefficient (Wildman–Crippen LogP) is 2.10. The molecule has 2 aromatic carbocycles. The number of hydrogen-bond donors (Lipinski definition) is 2. The molecule has 27 heavy (non-hydrogen) atoms. The standard InChI is InChI=1S/C18H17FN2O6/c1-27-16-6-5-14(21(25)26)9-12(16)10-15(18(23)24)20-17(22)8-11-3-2-4-13(19)7-11/h2-7,9,15H,8,10H2,1H3,(H,20,22)(H,23,24)/t15-/m0/s1. The summed E-state index contributed by atoms with van der Waals surface area (Å²) in [4.78, 5) is 34.0. The molecule has 2 N–H and O–H groups in total. The Morgan fingerprint density at radius 2 is 2.04 bits per heavy atom. The van der Waals surface area contributed by atoms with Crippen molar-refractivity contribution in [2.45, 2.75) is 18.9 Å². The van der Waals surface area contributed by atoms with Gasteiger partial charge in [0.1, 0.15) is 17.6 Å². The molecule has 2 rings (SSSR count). The van der Waals surface area contributed by atoms with Crippen molar-refractivity contribution in [1.82, 2.24) is 5.32 Å². The van der Waals surface area contributed by atoms with Crippen LogP contribution in [-0.2, 0) is 22.4 Å². The Bertz CT molecular complexity index is 871. The molecule has 2 aromatic rings. The molecule has 9 heteroatoms. The highest BCUT2D eigenvalue weighted by molar-refractivity contribution is 5.85. The molecule has 0 spiro atoms. The van der Waals surface area contributed by atoms with Crippen LogP contribution in [0.2, 0.25) is 0 Å². The van der Waals surface area contributed by atoms with E-state index < -0.39 is 28.7 Å². The molecule has 8 nitrogen and oxygen atoms in total. The number of non-ortho nitro benzene ring substituents is 1. The quantitative estimate of drug-likeness (QED) is 0.538. The van der Waals surface area contributed by atoms with E-state index in [1.165, 1.54) is 43.5 Å². The second-order valence-corrected chi connectivity index (χ2v) is 5.72. The van der Waals surface area contributed by atoms with Crippen molar-refractivity contribution in [3.05, 3.63) is 69.5 Å². The molecule has 1 amide bonds. The smallest absolute Gasteiger partial charge is 0.326 e. The largest absolute Gasteiger partial charge is 0.496 e. The first-order valence-corrected chi connectivity index (χ1v) is 7.88. The summed E-state index contributed by atoms with van der Waals surface area (Å²) in [6.07, 6.45) is -0.414. The molecule has 0 radical (unpaired) electrons. The number of carbonyl (C=O) groups is 2. The molecule has 0 bridgehead atoms. The maximum absolute atomic E-state index is 13.2.